The molecule has 0 aromatic heterocycles. The molecule has 2 amide bonds. The van der Waals surface area contributed by atoms with E-state index in [0.29, 0.717) is 12.8 Å². The van der Waals surface area contributed by atoms with E-state index in [1.54, 1.807) is 5.32 Å². The van der Waals surface area contributed by atoms with E-state index in [0.717, 1.165) is 0 Å². The van der Waals surface area contributed by atoms with Crippen LogP contribution in [0.25, 0.3) is 0 Å². The highest BCUT2D eigenvalue weighted by Gasteiger charge is 2.44. The molecule has 26 heavy (non-hydrogen) atoms. The van der Waals surface area contributed by atoms with Crippen molar-refractivity contribution in [2.45, 2.75) is 70.5 Å². The summed E-state index contributed by atoms with van der Waals surface area (Å²) in [5.41, 5.74) is -0.185. The third-order valence-corrected chi connectivity index (χ3v) is 4.07. The summed E-state index contributed by atoms with van der Waals surface area (Å²) in [5, 5.41) is 13.5. The molecule has 0 bridgehead atoms. The molecule has 0 aromatic rings. The number of amides is 2. The van der Waals surface area contributed by atoms with E-state index in [4.69, 9.17) is 4.74 Å². The maximum absolute atomic E-state index is 12.6. The van der Waals surface area contributed by atoms with E-state index in [9.17, 15) is 32.7 Å². The van der Waals surface area contributed by atoms with Crippen molar-refractivity contribution in [2.75, 3.05) is 0 Å². The molecule has 0 heterocycles. The van der Waals surface area contributed by atoms with Gasteiger partial charge in [-0.1, -0.05) is 13.8 Å². The highest BCUT2D eigenvalue weighted by Crippen LogP contribution is 2.26. The molecule has 1 aliphatic carbocycles. The van der Waals surface area contributed by atoms with Gasteiger partial charge in [0.1, 0.15) is 0 Å². The molecular weight excluding hydrogens is 357 g/mol. The number of carbonyl (C=O) groups is 3. The van der Waals surface area contributed by atoms with Crippen molar-refractivity contribution >= 4 is 17.8 Å². The van der Waals surface area contributed by atoms with E-state index < -0.39 is 42.1 Å². The zero-order valence-corrected chi connectivity index (χ0v) is 14.7. The van der Waals surface area contributed by atoms with Gasteiger partial charge in [0, 0.05) is 18.9 Å². The van der Waals surface area contributed by atoms with Crippen LogP contribution in [0.3, 0.4) is 0 Å². The lowest BCUT2D eigenvalue weighted by molar-refractivity contribution is -0.175. The van der Waals surface area contributed by atoms with Crippen molar-refractivity contribution in [2.24, 2.45) is 0 Å². The Balaban J connectivity index is 3.20. The van der Waals surface area contributed by atoms with Crippen molar-refractivity contribution < 1.29 is 37.4 Å². The number of aliphatic carboxylic acids is 1. The SMILES string of the molecule is CCC(CC)O[C@@H]1C=C(C(=O)O)C[C@H](NC(=O)C(F)(F)F)[C@H]1NC(C)=O. The van der Waals surface area contributed by atoms with Gasteiger partial charge in [0.05, 0.1) is 24.3 Å². The van der Waals surface area contributed by atoms with Crippen LogP contribution in [0.2, 0.25) is 0 Å². The predicted octanol–water partition coefficient (Wildman–Crippen LogP) is 1.53. The molecule has 0 saturated heterocycles. The van der Waals surface area contributed by atoms with Crippen LogP contribution in [0, 0.1) is 0 Å². The number of carbonyl (C=O) groups excluding carboxylic acids is 2. The van der Waals surface area contributed by atoms with Crippen molar-refractivity contribution in [3.8, 4) is 0 Å². The number of halogens is 3. The van der Waals surface area contributed by atoms with Gasteiger partial charge < -0.3 is 20.5 Å². The van der Waals surface area contributed by atoms with Crippen LogP contribution in [0.4, 0.5) is 13.2 Å². The standard InChI is InChI=1S/C16H23F3N2O5/c1-4-10(5-2)26-12-7-9(14(23)24)6-11(13(12)20-8(3)22)21-15(25)16(17,18)19/h7,10-13H,4-6H2,1-3H3,(H,20,22)(H,21,25)(H,23,24)/t11-,12+,13+/m0/s1. The normalized spacial score (nSPS) is 23.3. The molecule has 0 spiro atoms. The average Bonchev–Trinajstić information content (AvgIpc) is 2.53. The summed E-state index contributed by atoms with van der Waals surface area (Å²) in [6.07, 6.45) is -4.30. The van der Waals surface area contributed by atoms with E-state index in [1.807, 2.05) is 13.8 Å². The van der Waals surface area contributed by atoms with E-state index in [-0.39, 0.29) is 18.1 Å². The van der Waals surface area contributed by atoms with Crippen LogP contribution in [0.1, 0.15) is 40.0 Å². The summed E-state index contributed by atoms with van der Waals surface area (Å²) in [4.78, 5) is 34.1. The first-order valence-corrected chi connectivity index (χ1v) is 8.23. The minimum atomic E-state index is -5.13. The van der Waals surface area contributed by atoms with Gasteiger partial charge in [0.2, 0.25) is 5.91 Å². The van der Waals surface area contributed by atoms with E-state index in [2.05, 4.69) is 5.32 Å². The van der Waals surface area contributed by atoms with Crippen LogP contribution < -0.4 is 10.6 Å². The first-order valence-electron chi connectivity index (χ1n) is 8.23. The van der Waals surface area contributed by atoms with Crippen LogP contribution in [-0.4, -0.2) is 53.4 Å². The number of carboxylic acids is 1. The largest absolute Gasteiger partial charge is 0.478 e. The highest BCUT2D eigenvalue weighted by atomic mass is 19.4. The number of alkyl halides is 3. The first kappa shape index (κ1) is 21.9. The summed E-state index contributed by atoms with van der Waals surface area (Å²) in [6, 6.07) is -2.30. The number of ether oxygens (including phenoxy) is 1. The molecule has 0 unspecified atom stereocenters. The summed E-state index contributed by atoms with van der Waals surface area (Å²) in [7, 11) is 0. The third kappa shape index (κ3) is 6.01. The lowest BCUT2D eigenvalue weighted by Gasteiger charge is -2.38. The quantitative estimate of drug-likeness (QED) is 0.621. The molecule has 0 fully saturated rings. The molecule has 3 atom stereocenters. The molecule has 1 rings (SSSR count). The number of carboxylic acid groups (broad SMARTS) is 1. The second-order valence-corrected chi connectivity index (χ2v) is 6.04. The minimum absolute atomic E-state index is 0.185. The Morgan fingerprint density at radius 2 is 1.85 bits per heavy atom. The topological polar surface area (TPSA) is 105 Å². The van der Waals surface area contributed by atoms with Crippen LogP contribution in [-0.2, 0) is 19.1 Å². The highest BCUT2D eigenvalue weighted by molar-refractivity contribution is 5.88. The van der Waals surface area contributed by atoms with Crippen molar-refractivity contribution in [1.29, 1.82) is 0 Å². The Morgan fingerprint density at radius 1 is 1.27 bits per heavy atom. The lowest BCUT2D eigenvalue weighted by Crippen LogP contribution is -2.60. The average molecular weight is 380 g/mol. The fourth-order valence-corrected chi connectivity index (χ4v) is 2.76. The number of hydrogen-bond donors (Lipinski definition) is 3. The minimum Gasteiger partial charge on any atom is -0.478 e. The lowest BCUT2D eigenvalue weighted by atomic mass is 9.87. The monoisotopic (exact) mass is 380 g/mol. The van der Waals surface area contributed by atoms with Crippen LogP contribution >= 0.6 is 0 Å². The summed E-state index contributed by atoms with van der Waals surface area (Å²) < 4.78 is 43.6. The third-order valence-electron chi connectivity index (χ3n) is 4.07. The van der Waals surface area contributed by atoms with Gasteiger partial charge >= 0.3 is 18.1 Å². The summed E-state index contributed by atoms with van der Waals surface area (Å²) in [5.74, 6) is -4.06. The summed E-state index contributed by atoms with van der Waals surface area (Å²) >= 11 is 0. The second-order valence-electron chi connectivity index (χ2n) is 6.04. The van der Waals surface area contributed by atoms with E-state index in [1.165, 1.54) is 13.0 Å². The van der Waals surface area contributed by atoms with Gasteiger partial charge in [-0.2, -0.15) is 13.2 Å². The van der Waals surface area contributed by atoms with Crippen molar-refractivity contribution in [3.63, 3.8) is 0 Å². The fraction of sp³-hybridized carbons (Fsp3) is 0.688. The predicted molar refractivity (Wildman–Crippen MR) is 85.2 cm³/mol. The number of rotatable bonds is 7. The summed E-state index contributed by atoms with van der Waals surface area (Å²) in [6.45, 7) is 4.86. The smallest absolute Gasteiger partial charge is 0.471 e. The van der Waals surface area contributed by atoms with Gasteiger partial charge in [-0.3, -0.25) is 9.59 Å². The van der Waals surface area contributed by atoms with Gasteiger partial charge in [-0.05, 0) is 18.9 Å². The molecule has 0 aliphatic heterocycles. The molecular formula is C16H23F3N2O5. The van der Waals surface area contributed by atoms with Gasteiger partial charge in [-0.15, -0.1) is 0 Å². The fourth-order valence-electron chi connectivity index (χ4n) is 2.76. The Labute approximate surface area is 149 Å². The van der Waals surface area contributed by atoms with Gasteiger partial charge in [0.25, 0.3) is 0 Å². The van der Waals surface area contributed by atoms with Crippen LogP contribution in [0.5, 0.6) is 0 Å². The molecule has 0 radical (unpaired) electrons. The molecule has 10 heteroatoms. The first-order chi connectivity index (χ1) is 12.0. The molecule has 3 N–H and O–H groups in total. The van der Waals surface area contributed by atoms with E-state index >= 15 is 0 Å². The molecule has 148 valence electrons. The molecule has 1 aliphatic rings. The molecule has 7 nitrogen and oxygen atoms in total. The zero-order chi connectivity index (χ0) is 20.1. The van der Waals surface area contributed by atoms with Crippen molar-refractivity contribution in [3.05, 3.63) is 11.6 Å². The molecule has 0 aromatic carbocycles. The van der Waals surface area contributed by atoms with Gasteiger partial charge in [0.15, 0.2) is 0 Å². The van der Waals surface area contributed by atoms with Gasteiger partial charge in [-0.25, -0.2) is 4.79 Å². The second kappa shape index (κ2) is 9.02. The Morgan fingerprint density at radius 3 is 2.27 bits per heavy atom. The Bertz CT molecular complexity index is 573. The number of hydrogen-bond acceptors (Lipinski definition) is 4. The van der Waals surface area contributed by atoms with Crippen LogP contribution in [0.15, 0.2) is 11.6 Å². The Hall–Kier alpha value is -2.10. The maximum Gasteiger partial charge on any atom is 0.471 e. The Kier molecular flexibility index (Phi) is 7.61. The maximum atomic E-state index is 12.6. The molecule has 0 saturated carbocycles. The van der Waals surface area contributed by atoms with Crippen molar-refractivity contribution in [1.82, 2.24) is 10.6 Å². The number of nitrogens with one attached hydrogen (secondary N) is 2. The zero-order valence-electron chi connectivity index (χ0n) is 14.7.